The van der Waals surface area contributed by atoms with Crippen LogP contribution in [-0.4, -0.2) is 28.6 Å². The summed E-state index contributed by atoms with van der Waals surface area (Å²) >= 11 is 0. The van der Waals surface area contributed by atoms with Crippen LogP contribution in [0.2, 0.25) is 0 Å². The predicted molar refractivity (Wildman–Crippen MR) is 103 cm³/mol. The molecule has 0 aromatic heterocycles. The highest BCUT2D eigenvalue weighted by molar-refractivity contribution is 5.89. The Morgan fingerprint density at radius 3 is 2.41 bits per heavy atom. The Bertz CT molecular complexity index is 696. The topological polar surface area (TPSA) is 63.6 Å². The first-order valence-corrected chi connectivity index (χ1v) is 10.7. The third-order valence-corrected chi connectivity index (χ3v) is 9.10. The summed E-state index contributed by atoms with van der Waals surface area (Å²) in [6.07, 6.45) is 9.62. The maximum atomic E-state index is 12.7. The van der Waals surface area contributed by atoms with E-state index in [0.717, 1.165) is 44.9 Å². The maximum absolute atomic E-state index is 12.7. The molecule has 0 radical (unpaired) electrons. The maximum Gasteiger partial charge on any atom is 0.303 e. The van der Waals surface area contributed by atoms with E-state index in [2.05, 4.69) is 19.9 Å². The number of hydrogen-bond acceptors (Lipinski definition) is 4. The Morgan fingerprint density at radius 2 is 1.74 bits per heavy atom. The summed E-state index contributed by atoms with van der Waals surface area (Å²) in [5.41, 5.74) is 0.458. The summed E-state index contributed by atoms with van der Waals surface area (Å²) < 4.78 is 5.83. The van der Waals surface area contributed by atoms with E-state index in [-0.39, 0.29) is 28.7 Å². The van der Waals surface area contributed by atoms with E-state index in [1.807, 2.05) is 0 Å². The molecule has 0 heterocycles. The highest BCUT2D eigenvalue weighted by Gasteiger charge is 2.67. The zero-order valence-corrected chi connectivity index (χ0v) is 17.2. The molecule has 0 aromatic carbocycles. The normalized spacial score (nSPS) is 48.7. The van der Waals surface area contributed by atoms with Gasteiger partial charge in [0.1, 0.15) is 0 Å². The number of carbonyl (C=O) groups is 2. The fourth-order valence-corrected chi connectivity index (χ4v) is 7.77. The van der Waals surface area contributed by atoms with Crippen LogP contribution >= 0.6 is 0 Å². The minimum absolute atomic E-state index is 0.0181. The van der Waals surface area contributed by atoms with Gasteiger partial charge in [-0.15, -0.1) is 0 Å². The predicted octanol–water partition coefficient (Wildman–Crippen LogP) is 4.20. The number of fused-ring (bicyclic) bond motifs is 5. The highest BCUT2D eigenvalue weighted by Crippen LogP contribution is 2.68. The van der Waals surface area contributed by atoms with E-state index < -0.39 is 5.60 Å². The van der Waals surface area contributed by atoms with Crippen molar-refractivity contribution < 1.29 is 19.4 Å². The lowest BCUT2D eigenvalue weighted by Crippen LogP contribution is -2.58. The Hall–Kier alpha value is -1.16. The standard InChI is InChI=1S/C23H34O4/c1-14(24)23(27-15(2)25)12-9-20-18-6-5-16-13-17(26)7-10-21(16,3)19(18)8-11-22(20,23)4/h13,17-20,26H,5-12H2,1-4H3/t17-,18-,19+,20-,21+,22+,23-/m1/s1. The van der Waals surface area contributed by atoms with Crippen LogP contribution in [0.1, 0.15) is 79.1 Å². The molecule has 4 heteroatoms. The lowest BCUT2D eigenvalue weighted by atomic mass is 9.46. The minimum atomic E-state index is -0.936. The number of aliphatic hydroxyl groups excluding tert-OH is 1. The smallest absolute Gasteiger partial charge is 0.303 e. The second-order valence-electron chi connectivity index (χ2n) is 10.1. The molecule has 0 saturated heterocycles. The molecule has 4 nitrogen and oxygen atoms in total. The number of allylic oxidation sites excluding steroid dienone is 1. The van der Waals surface area contributed by atoms with Crippen molar-refractivity contribution in [3.8, 4) is 0 Å². The quantitative estimate of drug-likeness (QED) is 0.581. The number of ketones is 1. The molecule has 7 atom stereocenters. The first-order chi connectivity index (χ1) is 12.6. The molecule has 0 aliphatic heterocycles. The van der Waals surface area contributed by atoms with E-state index in [1.165, 1.54) is 12.5 Å². The fourth-order valence-electron chi connectivity index (χ4n) is 7.77. The van der Waals surface area contributed by atoms with Gasteiger partial charge in [-0.3, -0.25) is 9.59 Å². The van der Waals surface area contributed by atoms with Crippen molar-refractivity contribution in [3.05, 3.63) is 11.6 Å². The van der Waals surface area contributed by atoms with Crippen LogP contribution in [0.4, 0.5) is 0 Å². The van der Waals surface area contributed by atoms with Crippen molar-refractivity contribution >= 4 is 11.8 Å². The summed E-state index contributed by atoms with van der Waals surface area (Å²) in [5, 5.41) is 10.1. The van der Waals surface area contributed by atoms with Crippen LogP contribution in [0.15, 0.2) is 11.6 Å². The molecular formula is C23H34O4. The zero-order valence-electron chi connectivity index (χ0n) is 17.2. The van der Waals surface area contributed by atoms with Gasteiger partial charge in [-0.1, -0.05) is 25.5 Å². The number of ether oxygens (including phenoxy) is 1. The molecule has 3 fully saturated rings. The summed E-state index contributed by atoms with van der Waals surface area (Å²) in [7, 11) is 0. The summed E-state index contributed by atoms with van der Waals surface area (Å²) in [5.74, 6) is 1.31. The van der Waals surface area contributed by atoms with Gasteiger partial charge >= 0.3 is 5.97 Å². The van der Waals surface area contributed by atoms with Crippen LogP contribution in [0.5, 0.6) is 0 Å². The van der Waals surface area contributed by atoms with Crippen LogP contribution in [0, 0.1) is 28.6 Å². The average molecular weight is 375 g/mol. The lowest BCUT2D eigenvalue weighted by molar-refractivity contribution is -0.187. The van der Waals surface area contributed by atoms with Crippen molar-refractivity contribution in [2.45, 2.75) is 90.8 Å². The molecule has 3 saturated carbocycles. The van der Waals surface area contributed by atoms with Gasteiger partial charge in [-0.25, -0.2) is 0 Å². The van der Waals surface area contributed by atoms with E-state index >= 15 is 0 Å². The molecule has 0 spiro atoms. The number of esters is 1. The van der Waals surface area contributed by atoms with Gasteiger partial charge < -0.3 is 9.84 Å². The van der Waals surface area contributed by atoms with Crippen molar-refractivity contribution in [1.29, 1.82) is 0 Å². The van der Waals surface area contributed by atoms with Gasteiger partial charge in [0, 0.05) is 12.3 Å². The monoisotopic (exact) mass is 374 g/mol. The van der Waals surface area contributed by atoms with Gasteiger partial charge in [0.05, 0.1) is 6.10 Å². The summed E-state index contributed by atoms with van der Waals surface area (Å²) in [6.45, 7) is 7.65. The van der Waals surface area contributed by atoms with Gasteiger partial charge in [-0.2, -0.15) is 0 Å². The molecular weight excluding hydrogens is 340 g/mol. The largest absolute Gasteiger partial charge is 0.451 e. The number of hydrogen-bond donors (Lipinski definition) is 1. The molecule has 4 aliphatic rings. The van der Waals surface area contributed by atoms with Crippen molar-refractivity contribution in [3.63, 3.8) is 0 Å². The third kappa shape index (κ3) is 2.51. The molecule has 0 unspecified atom stereocenters. The average Bonchev–Trinajstić information content (AvgIpc) is 2.89. The Balaban J connectivity index is 1.69. The minimum Gasteiger partial charge on any atom is -0.451 e. The molecule has 27 heavy (non-hydrogen) atoms. The number of rotatable bonds is 2. The number of Topliss-reactive ketones (excluding diaryl/α,β-unsaturated/α-hetero) is 1. The molecule has 0 bridgehead atoms. The highest BCUT2D eigenvalue weighted by atomic mass is 16.6. The summed E-state index contributed by atoms with van der Waals surface area (Å²) in [4.78, 5) is 24.6. The van der Waals surface area contributed by atoms with Crippen molar-refractivity contribution in [1.82, 2.24) is 0 Å². The molecule has 4 rings (SSSR count). The van der Waals surface area contributed by atoms with Crippen LogP contribution in [0.25, 0.3) is 0 Å². The first-order valence-electron chi connectivity index (χ1n) is 10.7. The van der Waals surface area contributed by atoms with E-state index in [9.17, 15) is 14.7 Å². The molecule has 1 N–H and O–H groups in total. The SMILES string of the molecule is CC(=O)O[C@@]1(C(C)=O)CC[C@@H]2[C@@H]3CCC4=C[C@H](O)CC[C@]4(C)[C@H]3CC[C@@]21C. The Labute approximate surface area is 162 Å². The Morgan fingerprint density at radius 1 is 1.04 bits per heavy atom. The molecule has 0 aromatic rings. The first kappa shape index (κ1) is 19.2. The fraction of sp³-hybridized carbons (Fsp3) is 0.826. The Kier molecular flexibility index (Phi) is 4.38. The van der Waals surface area contributed by atoms with E-state index in [4.69, 9.17) is 4.74 Å². The van der Waals surface area contributed by atoms with Crippen molar-refractivity contribution in [2.75, 3.05) is 0 Å². The van der Waals surface area contributed by atoms with Crippen LogP contribution < -0.4 is 0 Å². The lowest BCUT2D eigenvalue weighted by Gasteiger charge is -2.59. The number of carbonyl (C=O) groups excluding carboxylic acids is 2. The number of aliphatic hydroxyl groups is 1. The molecule has 0 amide bonds. The van der Waals surface area contributed by atoms with E-state index in [1.54, 1.807) is 6.92 Å². The van der Waals surface area contributed by atoms with Gasteiger partial charge in [0.25, 0.3) is 0 Å². The van der Waals surface area contributed by atoms with Gasteiger partial charge in [0.15, 0.2) is 11.4 Å². The van der Waals surface area contributed by atoms with E-state index in [0.29, 0.717) is 24.2 Å². The second-order valence-corrected chi connectivity index (χ2v) is 10.1. The molecule has 4 aliphatic carbocycles. The van der Waals surface area contributed by atoms with Crippen molar-refractivity contribution in [2.24, 2.45) is 28.6 Å². The summed E-state index contributed by atoms with van der Waals surface area (Å²) in [6, 6.07) is 0. The third-order valence-electron chi connectivity index (χ3n) is 9.10. The van der Waals surface area contributed by atoms with Gasteiger partial charge in [-0.05, 0) is 81.5 Å². The second kappa shape index (κ2) is 6.17. The molecule has 150 valence electrons. The zero-order chi connectivity index (χ0) is 19.6. The van der Waals surface area contributed by atoms with Crippen LogP contribution in [-0.2, 0) is 14.3 Å². The van der Waals surface area contributed by atoms with Crippen LogP contribution in [0.3, 0.4) is 0 Å². The van der Waals surface area contributed by atoms with Gasteiger partial charge in [0.2, 0.25) is 0 Å².